The smallest absolute Gasteiger partial charge is 0.268 e. The summed E-state index contributed by atoms with van der Waals surface area (Å²) < 4.78 is 7.25. The summed E-state index contributed by atoms with van der Waals surface area (Å²) in [6.07, 6.45) is 13.1. The molecule has 7 heteroatoms. The molecule has 3 fully saturated rings. The first-order valence-electron chi connectivity index (χ1n) is 13.5. The van der Waals surface area contributed by atoms with Crippen molar-refractivity contribution < 1.29 is 14.3 Å². The normalized spacial score (nSPS) is 27.2. The first kappa shape index (κ1) is 24.3. The highest BCUT2D eigenvalue weighted by Gasteiger charge is 2.42. The summed E-state index contributed by atoms with van der Waals surface area (Å²) in [6, 6.07) is 5.62. The Hall–Kier alpha value is -2.41. The number of carbonyl (C=O) groups is 2. The third-order valence-corrected chi connectivity index (χ3v) is 8.87. The second-order valence-corrected chi connectivity index (χ2v) is 11.2. The fourth-order valence-electron chi connectivity index (χ4n) is 6.98. The Kier molecular flexibility index (Phi) is 7.14. The summed E-state index contributed by atoms with van der Waals surface area (Å²) in [6.45, 7) is 4.51. The molecule has 2 saturated carbocycles. The lowest BCUT2D eigenvalue weighted by Gasteiger charge is -2.48. The molecule has 2 amide bonds. The number of imidazole rings is 1. The lowest BCUT2D eigenvalue weighted by atomic mass is 9.58. The van der Waals surface area contributed by atoms with Crippen molar-refractivity contribution in [3.8, 4) is 0 Å². The minimum Gasteiger partial charge on any atom is -0.381 e. The van der Waals surface area contributed by atoms with E-state index in [1.165, 1.54) is 44.9 Å². The molecule has 190 valence electrons. The van der Waals surface area contributed by atoms with Crippen molar-refractivity contribution in [1.82, 2.24) is 19.6 Å². The maximum Gasteiger partial charge on any atom is 0.268 e. The second-order valence-electron chi connectivity index (χ2n) is 11.2. The lowest BCUT2D eigenvalue weighted by Crippen LogP contribution is -2.45. The number of hydrogen-bond acceptors (Lipinski definition) is 4. The van der Waals surface area contributed by atoms with Crippen molar-refractivity contribution in [2.75, 3.05) is 26.7 Å². The molecule has 3 unspecified atom stereocenters. The summed E-state index contributed by atoms with van der Waals surface area (Å²) in [4.78, 5) is 32.7. The molecule has 3 atom stereocenters. The van der Waals surface area contributed by atoms with E-state index in [-0.39, 0.29) is 29.8 Å². The number of ether oxygens (including phenoxy) is 1. The summed E-state index contributed by atoms with van der Waals surface area (Å²) >= 11 is 0. The van der Waals surface area contributed by atoms with Crippen molar-refractivity contribution in [3.05, 3.63) is 35.8 Å². The quantitative estimate of drug-likeness (QED) is 0.643. The maximum atomic E-state index is 13.3. The Bertz CT molecular complexity index is 1060. The van der Waals surface area contributed by atoms with E-state index in [4.69, 9.17) is 4.74 Å². The van der Waals surface area contributed by atoms with E-state index in [2.05, 4.69) is 17.2 Å². The highest BCUT2D eigenvalue weighted by atomic mass is 16.5. The van der Waals surface area contributed by atoms with E-state index in [1.54, 1.807) is 7.11 Å². The molecule has 5 rings (SSSR count). The van der Waals surface area contributed by atoms with Crippen LogP contribution in [0.2, 0.25) is 0 Å². The van der Waals surface area contributed by atoms with Gasteiger partial charge in [-0.2, -0.15) is 0 Å². The number of fused-ring (bicyclic) bond motifs is 3. The minimum absolute atomic E-state index is 0.0531. The molecule has 35 heavy (non-hydrogen) atoms. The largest absolute Gasteiger partial charge is 0.381 e. The van der Waals surface area contributed by atoms with Gasteiger partial charge in [-0.25, -0.2) is 4.98 Å². The molecule has 7 nitrogen and oxygen atoms in total. The molecule has 1 saturated heterocycles. The highest BCUT2D eigenvalue weighted by Crippen LogP contribution is 2.51. The lowest BCUT2D eigenvalue weighted by molar-refractivity contribution is -0.132. The van der Waals surface area contributed by atoms with Gasteiger partial charge in [0.05, 0.1) is 18.2 Å². The molecule has 2 aliphatic carbocycles. The Balaban J connectivity index is 1.25. The van der Waals surface area contributed by atoms with Gasteiger partial charge in [0.1, 0.15) is 11.3 Å². The van der Waals surface area contributed by atoms with E-state index in [1.807, 2.05) is 33.7 Å². The van der Waals surface area contributed by atoms with E-state index in [0.717, 1.165) is 44.3 Å². The van der Waals surface area contributed by atoms with E-state index < -0.39 is 0 Å². The van der Waals surface area contributed by atoms with Crippen LogP contribution >= 0.6 is 0 Å². The number of pyridine rings is 1. The molecule has 0 spiro atoms. The number of likely N-dealkylation sites (tertiary alicyclic amines) is 1. The third kappa shape index (κ3) is 5.25. The zero-order valence-electron chi connectivity index (χ0n) is 21.3. The van der Waals surface area contributed by atoms with Crippen LogP contribution in [0.3, 0.4) is 0 Å². The van der Waals surface area contributed by atoms with Gasteiger partial charge >= 0.3 is 0 Å². The number of methoxy groups -OCH3 is 1. The predicted octanol–water partition coefficient (Wildman–Crippen LogP) is 4.24. The van der Waals surface area contributed by atoms with Crippen LogP contribution in [0.15, 0.2) is 24.4 Å². The molecule has 2 bridgehead atoms. The van der Waals surface area contributed by atoms with Crippen LogP contribution in [0.1, 0.15) is 80.9 Å². The Labute approximate surface area is 208 Å². The topological polar surface area (TPSA) is 75.9 Å². The molecule has 2 aromatic heterocycles. The Morgan fingerprint density at radius 3 is 2.80 bits per heavy atom. The second kappa shape index (κ2) is 10.3. The first-order chi connectivity index (χ1) is 17.0. The Morgan fingerprint density at radius 1 is 1.20 bits per heavy atom. The molecule has 1 aliphatic heterocycles. The maximum absolute atomic E-state index is 13.3. The van der Waals surface area contributed by atoms with Crippen LogP contribution in [0, 0.1) is 17.3 Å². The SMILES string of the molecule is CCC1CC2CCCC(CNC(=O)c3cccc4nc(CC(=O)N5CCC(OC)CC5)cn34)(C1)C2. The number of nitrogens with one attached hydrogen (secondary N) is 1. The van der Waals surface area contributed by atoms with E-state index in [9.17, 15) is 9.59 Å². The molecular formula is C28H40N4O3. The number of nitrogens with zero attached hydrogens (tertiary/aromatic N) is 3. The van der Waals surface area contributed by atoms with Gasteiger partial charge in [-0.3, -0.25) is 14.0 Å². The van der Waals surface area contributed by atoms with Crippen LogP contribution in [-0.4, -0.2) is 58.9 Å². The van der Waals surface area contributed by atoms with Gasteiger partial charge in [0.25, 0.3) is 5.91 Å². The minimum atomic E-state index is -0.0531. The van der Waals surface area contributed by atoms with Gasteiger partial charge < -0.3 is 15.0 Å². The van der Waals surface area contributed by atoms with Crippen molar-refractivity contribution >= 4 is 17.5 Å². The number of carbonyl (C=O) groups excluding carboxylic acids is 2. The fourth-order valence-corrected chi connectivity index (χ4v) is 6.98. The molecule has 0 radical (unpaired) electrons. The predicted molar refractivity (Wildman–Crippen MR) is 135 cm³/mol. The molecule has 3 aliphatic rings. The van der Waals surface area contributed by atoms with Gasteiger partial charge in [-0.15, -0.1) is 0 Å². The molecule has 3 heterocycles. The van der Waals surface area contributed by atoms with Crippen molar-refractivity contribution in [1.29, 1.82) is 0 Å². The number of amides is 2. The van der Waals surface area contributed by atoms with Crippen molar-refractivity contribution in [2.45, 2.75) is 77.2 Å². The van der Waals surface area contributed by atoms with Crippen LogP contribution in [-0.2, 0) is 16.0 Å². The average molecular weight is 481 g/mol. The number of rotatable bonds is 7. The number of hydrogen-bond donors (Lipinski definition) is 1. The summed E-state index contributed by atoms with van der Waals surface area (Å²) in [7, 11) is 1.73. The third-order valence-electron chi connectivity index (χ3n) is 8.87. The molecule has 1 N–H and O–H groups in total. The van der Waals surface area contributed by atoms with Crippen LogP contribution in [0.5, 0.6) is 0 Å². The molecule has 2 aromatic rings. The van der Waals surface area contributed by atoms with Crippen LogP contribution in [0.25, 0.3) is 5.65 Å². The first-order valence-corrected chi connectivity index (χ1v) is 13.5. The molecular weight excluding hydrogens is 440 g/mol. The van der Waals surface area contributed by atoms with Gasteiger partial charge in [-0.1, -0.05) is 32.3 Å². The van der Waals surface area contributed by atoms with Crippen molar-refractivity contribution in [2.24, 2.45) is 17.3 Å². The molecule has 0 aromatic carbocycles. The Morgan fingerprint density at radius 2 is 2.03 bits per heavy atom. The monoisotopic (exact) mass is 480 g/mol. The van der Waals surface area contributed by atoms with E-state index in [0.29, 0.717) is 17.0 Å². The van der Waals surface area contributed by atoms with Crippen molar-refractivity contribution in [3.63, 3.8) is 0 Å². The summed E-state index contributed by atoms with van der Waals surface area (Å²) in [5, 5.41) is 3.29. The summed E-state index contributed by atoms with van der Waals surface area (Å²) in [5.74, 6) is 1.66. The average Bonchev–Trinajstić information content (AvgIpc) is 3.29. The standard InChI is InChI=1S/C28H40N4O3/c1-3-20-14-21-6-5-11-28(16-20,17-21)19-29-27(34)24-7-4-8-25-30-22(18-32(24)25)15-26(33)31-12-9-23(35-2)10-13-31/h4,7-8,18,20-21,23H,3,5-6,9-17,19H2,1-2H3,(H,29,34). The van der Waals surface area contributed by atoms with Crippen LogP contribution < -0.4 is 5.32 Å². The van der Waals surface area contributed by atoms with Gasteiger partial charge in [-0.05, 0) is 67.9 Å². The zero-order chi connectivity index (χ0) is 24.4. The van der Waals surface area contributed by atoms with Gasteiger partial charge in [0.2, 0.25) is 5.91 Å². The fraction of sp³-hybridized carbons (Fsp3) is 0.679. The summed E-state index contributed by atoms with van der Waals surface area (Å²) in [5.41, 5.74) is 2.25. The highest BCUT2D eigenvalue weighted by molar-refractivity contribution is 5.93. The number of piperidine rings is 1. The zero-order valence-corrected chi connectivity index (χ0v) is 21.3. The van der Waals surface area contributed by atoms with Crippen LogP contribution in [0.4, 0.5) is 0 Å². The van der Waals surface area contributed by atoms with E-state index >= 15 is 0 Å². The number of aromatic nitrogens is 2. The van der Waals surface area contributed by atoms with Gasteiger partial charge in [0.15, 0.2) is 0 Å². The van der Waals surface area contributed by atoms with Gasteiger partial charge in [0, 0.05) is 32.9 Å².